The highest BCUT2D eigenvalue weighted by Crippen LogP contribution is 2.30. The third-order valence-corrected chi connectivity index (χ3v) is 6.77. The van der Waals surface area contributed by atoms with Crippen LogP contribution in [0.2, 0.25) is 0 Å². The largest absolute Gasteiger partial charge is 0.327 e. The van der Waals surface area contributed by atoms with Gasteiger partial charge in [0, 0.05) is 5.69 Å². The Morgan fingerprint density at radius 2 is 2.03 bits per heavy atom. The van der Waals surface area contributed by atoms with Gasteiger partial charge in [-0.3, -0.25) is 10.1 Å². The lowest BCUT2D eigenvalue weighted by Gasteiger charge is -2.28. The molecule has 1 unspecified atom stereocenters. The third-order valence-electron chi connectivity index (χ3n) is 5.57. The number of urea groups is 1. The van der Waals surface area contributed by atoms with E-state index in [1.54, 1.807) is 11.3 Å². The third kappa shape index (κ3) is 4.86. The van der Waals surface area contributed by atoms with Gasteiger partial charge in [-0.1, -0.05) is 29.8 Å². The number of carbonyl (C=O) groups is 2. The number of aromatic nitrogens is 1. The number of hydrogen-bond donors (Lipinski definition) is 3. The number of rotatable bonds is 4. The van der Waals surface area contributed by atoms with Crippen LogP contribution in [-0.4, -0.2) is 36.6 Å². The number of piperidine rings is 1. The van der Waals surface area contributed by atoms with Gasteiger partial charge in [-0.2, -0.15) is 0 Å². The predicted molar refractivity (Wildman–Crippen MR) is 120 cm³/mol. The van der Waals surface area contributed by atoms with Crippen LogP contribution in [0, 0.1) is 13.8 Å². The Bertz CT molecular complexity index is 1050. The predicted octanol–water partition coefficient (Wildman–Crippen LogP) is 3.02. The number of quaternary nitrogens is 1. The first-order chi connectivity index (χ1) is 14.5. The number of para-hydroxylation sites is 1. The molecule has 0 aliphatic carbocycles. The minimum atomic E-state index is -0.480. The Morgan fingerprint density at radius 3 is 2.83 bits per heavy atom. The summed E-state index contributed by atoms with van der Waals surface area (Å²) in [7, 11) is 0. The lowest BCUT2D eigenvalue weighted by molar-refractivity contribution is -0.898. The molecule has 3 amide bonds. The summed E-state index contributed by atoms with van der Waals surface area (Å²) < 4.78 is 1.21. The standard InChI is InChI=1S/C23H26N4O2S/c1-15-9-10-18(16(2)12-15)25-23(29)26-21(28)14-27-11-5-6-17(13-27)22-24-19-7-3-4-8-20(19)30-22/h3-4,7-10,12,17H,5-6,11,13-14H2,1-2H3,(H2,25,26,28,29)/p+1/t17-/m1/s1. The smallest absolute Gasteiger partial charge is 0.326 e. The Labute approximate surface area is 180 Å². The summed E-state index contributed by atoms with van der Waals surface area (Å²) >= 11 is 1.75. The number of carbonyl (C=O) groups excluding carboxylic acids is 2. The maximum absolute atomic E-state index is 12.4. The highest BCUT2D eigenvalue weighted by atomic mass is 32.1. The molecule has 4 rings (SSSR count). The Hall–Kier alpha value is -2.77. The van der Waals surface area contributed by atoms with Crippen molar-refractivity contribution in [3.05, 3.63) is 58.6 Å². The van der Waals surface area contributed by atoms with Gasteiger partial charge in [0.1, 0.15) is 5.01 Å². The van der Waals surface area contributed by atoms with Crippen LogP contribution >= 0.6 is 11.3 Å². The zero-order valence-electron chi connectivity index (χ0n) is 17.3. The summed E-state index contributed by atoms with van der Waals surface area (Å²) in [5.41, 5.74) is 3.86. The van der Waals surface area contributed by atoms with E-state index in [0.29, 0.717) is 18.2 Å². The van der Waals surface area contributed by atoms with Crippen LogP contribution < -0.4 is 15.5 Å². The number of anilines is 1. The van der Waals surface area contributed by atoms with E-state index >= 15 is 0 Å². The molecule has 156 valence electrons. The molecule has 7 heteroatoms. The summed E-state index contributed by atoms with van der Waals surface area (Å²) in [4.78, 5) is 30.7. The summed E-state index contributed by atoms with van der Waals surface area (Å²) in [5, 5.41) is 6.39. The molecule has 1 aliphatic rings. The molecule has 3 N–H and O–H groups in total. The fourth-order valence-electron chi connectivity index (χ4n) is 4.09. The van der Waals surface area contributed by atoms with E-state index in [1.165, 1.54) is 9.60 Å². The van der Waals surface area contributed by atoms with Gasteiger partial charge < -0.3 is 10.2 Å². The lowest BCUT2D eigenvalue weighted by Crippen LogP contribution is -3.14. The van der Waals surface area contributed by atoms with Crippen LogP contribution in [0.4, 0.5) is 10.5 Å². The van der Waals surface area contributed by atoms with Crippen molar-refractivity contribution >= 4 is 39.2 Å². The number of fused-ring (bicyclic) bond motifs is 1. The van der Waals surface area contributed by atoms with Crippen LogP contribution in [0.1, 0.15) is 34.9 Å². The summed E-state index contributed by atoms with van der Waals surface area (Å²) in [6, 6.07) is 13.5. The van der Waals surface area contributed by atoms with Gasteiger partial charge in [-0.15, -0.1) is 11.3 Å². The fourth-order valence-corrected chi connectivity index (χ4v) is 5.19. The van der Waals surface area contributed by atoms with Crippen LogP contribution in [0.25, 0.3) is 10.2 Å². The number of benzene rings is 2. The molecule has 0 radical (unpaired) electrons. The molecule has 0 saturated carbocycles. The van der Waals surface area contributed by atoms with Crippen molar-refractivity contribution < 1.29 is 14.5 Å². The number of likely N-dealkylation sites (tertiary alicyclic amines) is 1. The van der Waals surface area contributed by atoms with Crippen LogP contribution in [0.3, 0.4) is 0 Å². The van der Waals surface area contributed by atoms with Crippen molar-refractivity contribution in [3.8, 4) is 0 Å². The van der Waals surface area contributed by atoms with Gasteiger partial charge in [-0.05, 0) is 50.5 Å². The minimum absolute atomic E-state index is 0.253. The van der Waals surface area contributed by atoms with Crippen molar-refractivity contribution in [3.63, 3.8) is 0 Å². The molecule has 1 saturated heterocycles. The number of nitrogens with one attached hydrogen (secondary N) is 3. The fraction of sp³-hybridized carbons (Fsp3) is 0.348. The highest BCUT2D eigenvalue weighted by molar-refractivity contribution is 7.18. The highest BCUT2D eigenvalue weighted by Gasteiger charge is 2.28. The van der Waals surface area contributed by atoms with Gasteiger partial charge in [0.2, 0.25) is 0 Å². The van der Waals surface area contributed by atoms with Crippen molar-refractivity contribution in [2.45, 2.75) is 32.6 Å². The van der Waals surface area contributed by atoms with E-state index in [-0.39, 0.29) is 5.91 Å². The molecular formula is C23H27N4O2S+. The van der Waals surface area contributed by atoms with Crippen molar-refractivity contribution in [1.82, 2.24) is 10.3 Å². The average Bonchev–Trinajstić information content (AvgIpc) is 3.14. The number of amides is 3. The summed E-state index contributed by atoms with van der Waals surface area (Å²) in [5.74, 6) is 0.111. The average molecular weight is 424 g/mol. The zero-order valence-corrected chi connectivity index (χ0v) is 18.1. The first-order valence-electron chi connectivity index (χ1n) is 10.3. The molecule has 30 heavy (non-hydrogen) atoms. The van der Waals surface area contributed by atoms with Crippen LogP contribution in [0.15, 0.2) is 42.5 Å². The van der Waals surface area contributed by atoms with Gasteiger partial charge in [0.05, 0.1) is 29.2 Å². The second-order valence-corrected chi connectivity index (χ2v) is 9.12. The monoisotopic (exact) mass is 423 g/mol. The maximum Gasteiger partial charge on any atom is 0.326 e. The first-order valence-corrected chi connectivity index (χ1v) is 11.2. The second kappa shape index (κ2) is 8.93. The SMILES string of the molecule is Cc1ccc(NC(=O)NC(=O)C[NH+]2CCC[C@@H](c3nc4ccccc4s3)C2)c(C)c1. The minimum Gasteiger partial charge on any atom is -0.327 e. The van der Waals surface area contributed by atoms with Gasteiger partial charge >= 0.3 is 6.03 Å². The topological polar surface area (TPSA) is 75.5 Å². The Morgan fingerprint density at radius 1 is 1.20 bits per heavy atom. The normalized spacial score (nSPS) is 18.9. The summed E-state index contributed by atoms with van der Waals surface area (Å²) in [6.45, 7) is 6.04. The van der Waals surface area contributed by atoms with Gasteiger partial charge in [-0.25, -0.2) is 9.78 Å². The molecule has 6 nitrogen and oxygen atoms in total. The van der Waals surface area contributed by atoms with Crippen molar-refractivity contribution in [2.24, 2.45) is 0 Å². The molecule has 3 aromatic rings. The number of nitrogens with zero attached hydrogens (tertiary/aromatic N) is 1. The zero-order chi connectivity index (χ0) is 21.1. The second-order valence-electron chi connectivity index (χ2n) is 8.06. The van der Waals surface area contributed by atoms with E-state index in [4.69, 9.17) is 4.98 Å². The number of aryl methyl sites for hydroxylation is 2. The number of thiazole rings is 1. The molecule has 1 aromatic heterocycles. The van der Waals surface area contributed by atoms with E-state index in [9.17, 15) is 9.59 Å². The van der Waals surface area contributed by atoms with E-state index in [0.717, 1.165) is 47.6 Å². The van der Waals surface area contributed by atoms with Crippen LogP contribution in [0.5, 0.6) is 0 Å². The Balaban J connectivity index is 1.32. The van der Waals surface area contributed by atoms with Crippen LogP contribution in [-0.2, 0) is 4.79 Å². The van der Waals surface area contributed by atoms with Crippen molar-refractivity contribution in [1.29, 1.82) is 0 Å². The molecule has 1 fully saturated rings. The number of imide groups is 1. The first kappa shape index (κ1) is 20.5. The van der Waals surface area contributed by atoms with E-state index in [2.05, 4.69) is 16.7 Å². The van der Waals surface area contributed by atoms with E-state index < -0.39 is 6.03 Å². The molecule has 2 heterocycles. The molecule has 2 aromatic carbocycles. The lowest BCUT2D eigenvalue weighted by atomic mass is 9.99. The van der Waals surface area contributed by atoms with Crippen molar-refractivity contribution in [2.75, 3.05) is 25.0 Å². The van der Waals surface area contributed by atoms with E-state index in [1.807, 2.05) is 50.2 Å². The molecule has 0 spiro atoms. The summed E-state index contributed by atoms with van der Waals surface area (Å²) in [6.07, 6.45) is 2.15. The number of hydrogen-bond acceptors (Lipinski definition) is 4. The Kier molecular flexibility index (Phi) is 6.11. The molecule has 0 bridgehead atoms. The molecule has 1 aliphatic heterocycles. The molecule has 2 atom stereocenters. The maximum atomic E-state index is 12.4. The van der Waals surface area contributed by atoms with Gasteiger partial charge in [0.25, 0.3) is 5.91 Å². The van der Waals surface area contributed by atoms with Gasteiger partial charge in [0.15, 0.2) is 6.54 Å². The quantitative estimate of drug-likeness (QED) is 0.604. The molecular weight excluding hydrogens is 396 g/mol.